The van der Waals surface area contributed by atoms with Crippen molar-refractivity contribution in [2.75, 3.05) is 149 Å². The lowest BCUT2D eigenvalue weighted by molar-refractivity contribution is -0.142. The Morgan fingerprint density at radius 3 is 1.92 bits per heavy atom. The van der Waals surface area contributed by atoms with Gasteiger partial charge < -0.3 is 85.3 Å². The van der Waals surface area contributed by atoms with E-state index < -0.39 is 66.5 Å². The second-order valence-corrected chi connectivity index (χ2v) is 20.8. The van der Waals surface area contributed by atoms with Crippen LogP contribution < -0.4 is 41.0 Å². The van der Waals surface area contributed by atoms with Crippen molar-refractivity contribution in [2.45, 2.75) is 38.4 Å². The van der Waals surface area contributed by atoms with E-state index in [1.54, 1.807) is 75.1 Å². The second-order valence-electron chi connectivity index (χ2n) is 20.0. The quantitative estimate of drug-likeness (QED) is 0.0235. The number of thiocarbonyl (C=S) groups is 1. The molecule has 2 amide bonds. The molecule has 11 N–H and O–H groups in total. The van der Waals surface area contributed by atoms with Crippen LogP contribution >= 0.6 is 23.8 Å². The Balaban J connectivity index is 1.15. The van der Waals surface area contributed by atoms with Crippen LogP contribution in [0, 0.1) is 6.92 Å². The van der Waals surface area contributed by atoms with Crippen LogP contribution in [0.15, 0.2) is 77.7 Å². The number of nitrogens with one attached hydrogen (secondary N) is 4. The molecule has 5 rings (SSSR count). The van der Waals surface area contributed by atoms with Crippen LogP contribution in [0.2, 0.25) is 5.02 Å². The van der Waals surface area contributed by atoms with Crippen molar-refractivity contribution in [1.29, 1.82) is 0 Å². The van der Waals surface area contributed by atoms with Gasteiger partial charge in [-0.25, -0.2) is 4.79 Å². The van der Waals surface area contributed by atoms with E-state index >= 15 is 0 Å². The molecule has 0 radical (unpaired) electrons. The fourth-order valence-corrected chi connectivity index (χ4v) is 9.81. The average molecular weight is 1260 g/mol. The maximum atomic E-state index is 14.3. The third kappa shape index (κ3) is 25.3. The highest BCUT2D eigenvalue weighted by Crippen LogP contribution is 2.31. The van der Waals surface area contributed by atoms with Crippen molar-refractivity contribution in [2.24, 2.45) is 0 Å². The number of halogens is 1. The number of carboxylic acid groups (broad SMARTS) is 5. The number of aliphatic hydroxyl groups is 2. The zero-order valence-corrected chi connectivity index (χ0v) is 49.7. The molecule has 0 aliphatic carbocycles. The Kier molecular flexibility index (Phi) is 29.9. The van der Waals surface area contributed by atoms with Gasteiger partial charge in [0, 0.05) is 86.4 Å². The van der Waals surface area contributed by atoms with E-state index in [1.165, 1.54) is 16.8 Å². The SMILES string of the molecule is Cc1cn(Cc2c(Cl)cccc2OCCO)c(=O)c(NC(=O)N[C@@H](CC(=O)O)c2cccc(OCCO)c2)c1OCCOCCOCCNC(=S)Nc1ccc(CC2CN(CC(=O)O)CCN(CC(=O)O)CCN(CC(=O)O)CCN2CC(=O)O)cc1. The number of carbonyl (C=O) groups excluding carboxylic acids is 1. The summed E-state index contributed by atoms with van der Waals surface area (Å²) in [6.45, 7) is 1.58. The molecule has 0 spiro atoms. The van der Waals surface area contributed by atoms with Gasteiger partial charge in [0.15, 0.2) is 16.5 Å². The summed E-state index contributed by atoms with van der Waals surface area (Å²) in [5.74, 6) is -4.95. The molecule has 2 heterocycles. The van der Waals surface area contributed by atoms with Crippen LogP contribution in [0.3, 0.4) is 0 Å². The average Bonchev–Trinajstić information content (AvgIpc) is 2.67. The molecule has 1 fully saturated rings. The molecule has 4 aromatic rings. The second kappa shape index (κ2) is 37.1. The number of urea groups is 1. The number of benzene rings is 3. The summed E-state index contributed by atoms with van der Waals surface area (Å²) >= 11 is 12.1. The van der Waals surface area contributed by atoms with Gasteiger partial charge in [-0.3, -0.25) is 48.4 Å². The minimum atomic E-state index is -1.22. The van der Waals surface area contributed by atoms with Gasteiger partial charge in [0.05, 0.1) is 84.8 Å². The number of aliphatic hydroxyl groups excluding tert-OH is 2. The highest BCUT2D eigenvalue weighted by atomic mass is 35.5. The number of amides is 2. The van der Waals surface area contributed by atoms with Crippen molar-refractivity contribution < 1.29 is 88.2 Å². The van der Waals surface area contributed by atoms with E-state index in [4.69, 9.17) is 47.5 Å². The van der Waals surface area contributed by atoms with Crippen LogP contribution in [0.4, 0.5) is 16.2 Å². The highest BCUT2D eigenvalue weighted by molar-refractivity contribution is 7.80. The molecule has 1 unspecified atom stereocenters. The standard InChI is InChI=1S/C57H76ClN9O19S/c1-38-31-67(33-44-45(58)6-3-7-47(44)85-23-20-69)55(80)53(62-56(81)61-46(30-48(70)71)40-4-2-5-43(29-40)84-22-19-68)54(38)86-27-26-83-25-24-82-21-12-59-57(87)60-41-10-8-39(9-11-41)28-42-32-65(36-51(76)77)16-15-63(34-49(72)73)13-14-64(35-50(74)75)17-18-66(42)37-52(78)79/h2-11,29,31,42,46,68-69H,12-28,30,32-37H2,1H3,(H,70,71)(H,72,73)(H,74,75)(H,76,77)(H,78,79)(H2,59,60,87)(H2,61,62,81)/t42?,46-/m0/s1. The fourth-order valence-electron chi connectivity index (χ4n) is 9.36. The molecule has 476 valence electrons. The van der Waals surface area contributed by atoms with Crippen LogP contribution in [0.1, 0.15) is 34.7 Å². The van der Waals surface area contributed by atoms with Crippen molar-refractivity contribution in [1.82, 2.24) is 34.8 Å². The molecule has 87 heavy (non-hydrogen) atoms. The van der Waals surface area contributed by atoms with E-state index in [0.29, 0.717) is 52.0 Å². The Morgan fingerprint density at radius 2 is 1.28 bits per heavy atom. The monoisotopic (exact) mass is 1260 g/mol. The number of aliphatic carboxylic acids is 5. The van der Waals surface area contributed by atoms with E-state index in [2.05, 4.69) is 21.3 Å². The van der Waals surface area contributed by atoms with Gasteiger partial charge in [-0.15, -0.1) is 0 Å². The normalized spacial score (nSPS) is 15.0. The van der Waals surface area contributed by atoms with Crippen molar-refractivity contribution in [3.8, 4) is 17.2 Å². The highest BCUT2D eigenvalue weighted by Gasteiger charge is 2.29. The lowest BCUT2D eigenvalue weighted by Crippen LogP contribution is -2.53. The molecule has 3 aromatic carbocycles. The van der Waals surface area contributed by atoms with Crippen LogP contribution in [-0.4, -0.2) is 245 Å². The minimum Gasteiger partial charge on any atom is -0.491 e. The molecule has 1 aromatic heterocycles. The number of aromatic nitrogens is 1. The summed E-state index contributed by atoms with van der Waals surface area (Å²) in [5, 5.41) is 79.2. The summed E-state index contributed by atoms with van der Waals surface area (Å²) in [6.07, 6.45) is 1.28. The molecule has 1 aliphatic heterocycles. The molecule has 28 nitrogen and oxygen atoms in total. The van der Waals surface area contributed by atoms with Gasteiger partial charge in [-0.05, 0) is 73.1 Å². The summed E-state index contributed by atoms with van der Waals surface area (Å²) in [5.41, 5.74) is 1.68. The Morgan fingerprint density at radius 1 is 0.678 bits per heavy atom. The zero-order valence-electron chi connectivity index (χ0n) is 48.1. The molecule has 1 saturated heterocycles. The molecular formula is C57H76ClN9O19S. The van der Waals surface area contributed by atoms with Crippen LogP contribution in [0.25, 0.3) is 0 Å². The fraction of sp³-hybridized carbons (Fsp3) is 0.474. The number of aryl methyl sites for hydroxylation is 1. The third-order valence-electron chi connectivity index (χ3n) is 13.3. The number of pyridine rings is 1. The van der Waals surface area contributed by atoms with Gasteiger partial charge in [-0.2, -0.15) is 0 Å². The third-order valence-corrected chi connectivity index (χ3v) is 13.9. The number of hydrogen-bond acceptors (Lipinski definition) is 19. The first-order valence-electron chi connectivity index (χ1n) is 27.8. The number of ether oxygens (including phenoxy) is 5. The molecule has 0 bridgehead atoms. The maximum Gasteiger partial charge on any atom is 0.319 e. The topological polar surface area (TPSA) is 373 Å². The lowest BCUT2D eigenvalue weighted by atomic mass is 10.0. The number of carbonyl (C=O) groups is 6. The summed E-state index contributed by atoms with van der Waals surface area (Å²) in [6, 6.07) is 15.9. The number of anilines is 2. The van der Waals surface area contributed by atoms with Crippen LogP contribution in [0.5, 0.6) is 17.2 Å². The first-order chi connectivity index (χ1) is 41.7. The molecular weight excluding hydrogens is 1180 g/mol. The minimum absolute atomic E-state index is 0.0142. The molecule has 30 heteroatoms. The summed E-state index contributed by atoms with van der Waals surface area (Å²) in [4.78, 5) is 94.2. The van der Waals surface area contributed by atoms with Crippen molar-refractivity contribution >= 4 is 76.2 Å². The maximum absolute atomic E-state index is 14.3. The van der Waals surface area contributed by atoms with E-state index in [0.717, 1.165) is 5.56 Å². The van der Waals surface area contributed by atoms with Crippen molar-refractivity contribution in [3.05, 3.63) is 111 Å². The number of nitrogens with zero attached hydrogens (tertiary/aromatic N) is 5. The predicted octanol–water partition coefficient (Wildman–Crippen LogP) is 1.81. The van der Waals surface area contributed by atoms with E-state index in [1.807, 2.05) is 12.1 Å². The van der Waals surface area contributed by atoms with Crippen molar-refractivity contribution in [3.63, 3.8) is 0 Å². The number of rotatable bonds is 34. The van der Waals surface area contributed by atoms with Gasteiger partial charge in [0.25, 0.3) is 5.56 Å². The van der Waals surface area contributed by atoms with E-state index in [-0.39, 0.29) is 148 Å². The summed E-state index contributed by atoms with van der Waals surface area (Å²) in [7, 11) is 0. The largest absolute Gasteiger partial charge is 0.491 e. The Hall–Kier alpha value is -7.71. The lowest BCUT2D eigenvalue weighted by Gasteiger charge is -2.37. The predicted molar refractivity (Wildman–Crippen MR) is 321 cm³/mol. The smallest absolute Gasteiger partial charge is 0.319 e. The molecule has 2 atom stereocenters. The zero-order chi connectivity index (χ0) is 63.3. The van der Waals surface area contributed by atoms with Gasteiger partial charge >= 0.3 is 35.9 Å². The Labute approximate surface area is 512 Å². The van der Waals surface area contributed by atoms with Gasteiger partial charge in [-0.1, -0.05) is 41.9 Å². The summed E-state index contributed by atoms with van der Waals surface area (Å²) < 4.78 is 30.0. The van der Waals surface area contributed by atoms with Gasteiger partial charge in [0.2, 0.25) is 0 Å². The number of hydrogen-bond donors (Lipinski definition) is 11. The van der Waals surface area contributed by atoms with Crippen LogP contribution in [-0.2, 0) is 46.4 Å². The van der Waals surface area contributed by atoms with Gasteiger partial charge in [0.1, 0.15) is 31.3 Å². The Bertz CT molecular complexity index is 2980. The van der Waals surface area contributed by atoms with E-state index in [9.17, 15) is 69.3 Å². The number of carboxylic acids is 5. The first-order valence-corrected chi connectivity index (χ1v) is 28.6. The first kappa shape index (κ1) is 70.1. The molecule has 1 aliphatic rings. The molecule has 0 saturated carbocycles.